The van der Waals surface area contributed by atoms with Crippen LogP contribution in [0.1, 0.15) is 6.42 Å². The fourth-order valence-corrected chi connectivity index (χ4v) is 4.89. The van der Waals surface area contributed by atoms with Gasteiger partial charge in [0.05, 0.1) is 10.4 Å². The molecule has 1 aliphatic rings. The highest BCUT2D eigenvalue weighted by molar-refractivity contribution is 7.99. The number of rotatable bonds is 4. The quantitative estimate of drug-likeness (QED) is 0.901. The van der Waals surface area contributed by atoms with E-state index < -0.39 is 10.0 Å². The minimum absolute atomic E-state index is 0.0421. The number of fused-ring (bicyclic) bond motifs is 1. The van der Waals surface area contributed by atoms with Crippen molar-refractivity contribution in [3.63, 3.8) is 0 Å². The van der Waals surface area contributed by atoms with Gasteiger partial charge in [0.2, 0.25) is 10.0 Å². The molecule has 1 saturated heterocycles. The number of hydrogen-bond donors (Lipinski definition) is 2. The van der Waals surface area contributed by atoms with E-state index in [1.54, 1.807) is 37.0 Å². The van der Waals surface area contributed by atoms with E-state index in [2.05, 4.69) is 15.0 Å². The van der Waals surface area contributed by atoms with Crippen molar-refractivity contribution >= 4 is 38.5 Å². The van der Waals surface area contributed by atoms with Crippen molar-refractivity contribution in [2.45, 2.75) is 17.4 Å². The van der Waals surface area contributed by atoms with E-state index in [-0.39, 0.29) is 6.04 Å². The normalized spacial score (nSPS) is 19.0. The lowest BCUT2D eigenvalue weighted by Crippen LogP contribution is -2.34. The van der Waals surface area contributed by atoms with Crippen molar-refractivity contribution < 1.29 is 8.42 Å². The summed E-state index contributed by atoms with van der Waals surface area (Å²) in [5, 5.41) is 3.79. The van der Waals surface area contributed by atoms with Crippen LogP contribution in [-0.4, -0.2) is 38.0 Å². The summed E-state index contributed by atoms with van der Waals surface area (Å²) < 4.78 is 27.6. The van der Waals surface area contributed by atoms with E-state index in [1.807, 2.05) is 12.1 Å². The summed E-state index contributed by atoms with van der Waals surface area (Å²) >= 11 is 1.78. The SMILES string of the molecule is CNc1ccc2cc(S(=O)(=O)NC3CCSC3)ccc2n1. The van der Waals surface area contributed by atoms with Crippen LogP contribution in [0.2, 0.25) is 0 Å². The average Bonchev–Trinajstić information content (AvgIpc) is 2.98. The lowest BCUT2D eigenvalue weighted by molar-refractivity contribution is 0.563. The van der Waals surface area contributed by atoms with E-state index in [0.717, 1.165) is 34.6 Å². The van der Waals surface area contributed by atoms with Gasteiger partial charge in [-0.3, -0.25) is 0 Å². The zero-order valence-corrected chi connectivity index (χ0v) is 13.3. The number of sulfonamides is 1. The van der Waals surface area contributed by atoms with Crippen LogP contribution in [0, 0.1) is 0 Å². The minimum atomic E-state index is -3.46. The van der Waals surface area contributed by atoms with Gasteiger partial charge in [0.15, 0.2) is 0 Å². The van der Waals surface area contributed by atoms with Gasteiger partial charge in [0.1, 0.15) is 5.82 Å². The molecular weight excluding hydrogens is 306 g/mol. The smallest absolute Gasteiger partial charge is 0.240 e. The van der Waals surface area contributed by atoms with Gasteiger partial charge < -0.3 is 5.32 Å². The number of nitrogens with one attached hydrogen (secondary N) is 2. The Hall–Kier alpha value is -1.31. The van der Waals surface area contributed by atoms with E-state index in [0.29, 0.717) is 4.90 Å². The van der Waals surface area contributed by atoms with Crippen LogP contribution < -0.4 is 10.0 Å². The number of anilines is 1. The first-order valence-electron chi connectivity index (χ1n) is 6.77. The maximum Gasteiger partial charge on any atom is 0.240 e. The molecule has 1 unspecified atom stereocenters. The van der Waals surface area contributed by atoms with Gasteiger partial charge in [-0.2, -0.15) is 11.8 Å². The number of hydrogen-bond acceptors (Lipinski definition) is 5. The predicted molar refractivity (Wildman–Crippen MR) is 87.3 cm³/mol. The van der Waals surface area contributed by atoms with Crippen LogP contribution in [0.25, 0.3) is 10.9 Å². The van der Waals surface area contributed by atoms with E-state index in [4.69, 9.17) is 0 Å². The fraction of sp³-hybridized carbons (Fsp3) is 0.357. The van der Waals surface area contributed by atoms with Gasteiger partial charge in [-0.1, -0.05) is 0 Å². The van der Waals surface area contributed by atoms with E-state index in [1.165, 1.54) is 0 Å². The number of aromatic nitrogens is 1. The Bertz CT molecular complexity index is 756. The Morgan fingerprint density at radius 1 is 1.29 bits per heavy atom. The average molecular weight is 323 g/mol. The summed E-state index contributed by atoms with van der Waals surface area (Å²) in [6.07, 6.45) is 0.893. The Morgan fingerprint density at radius 2 is 2.14 bits per heavy atom. The van der Waals surface area contributed by atoms with Crippen molar-refractivity contribution in [2.24, 2.45) is 0 Å². The molecule has 1 fully saturated rings. The maximum absolute atomic E-state index is 12.4. The molecule has 21 heavy (non-hydrogen) atoms. The fourth-order valence-electron chi connectivity index (χ4n) is 2.32. The van der Waals surface area contributed by atoms with Crippen molar-refractivity contribution in [1.29, 1.82) is 0 Å². The van der Waals surface area contributed by atoms with Crippen molar-refractivity contribution in [2.75, 3.05) is 23.9 Å². The highest BCUT2D eigenvalue weighted by atomic mass is 32.2. The highest BCUT2D eigenvalue weighted by Gasteiger charge is 2.23. The van der Waals surface area contributed by atoms with Crippen LogP contribution in [0.4, 0.5) is 5.82 Å². The van der Waals surface area contributed by atoms with Gasteiger partial charge in [-0.05, 0) is 42.5 Å². The zero-order chi connectivity index (χ0) is 14.9. The number of thioether (sulfide) groups is 1. The second-order valence-electron chi connectivity index (χ2n) is 4.98. The molecule has 0 saturated carbocycles. The minimum Gasteiger partial charge on any atom is -0.373 e. The molecule has 2 N–H and O–H groups in total. The van der Waals surface area contributed by atoms with Gasteiger partial charge in [-0.25, -0.2) is 18.1 Å². The maximum atomic E-state index is 12.4. The first kappa shape index (κ1) is 14.6. The lowest BCUT2D eigenvalue weighted by atomic mass is 10.2. The Balaban J connectivity index is 1.92. The molecule has 1 aromatic carbocycles. The summed E-state index contributed by atoms with van der Waals surface area (Å²) in [6, 6.07) is 8.78. The molecule has 7 heteroatoms. The third kappa shape index (κ3) is 3.14. The molecule has 2 heterocycles. The molecule has 112 valence electrons. The first-order chi connectivity index (χ1) is 10.1. The number of pyridine rings is 1. The van der Waals surface area contributed by atoms with Crippen molar-refractivity contribution in [3.05, 3.63) is 30.3 Å². The van der Waals surface area contributed by atoms with Gasteiger partial charge in [-0.15, -0.1) is 0 Å². The summed E-state index contributed by atoms with van der Waals surface area (Å²) in [4.78, 5) is 4.69. The standard InChI is InChI=1S/C14H17N3O2S2/c1-15-14-5-2-10-8-12(3-4-13(10)16-14)21(18,19)17-11-6-7-20-9-11/h2-5,8,11,17H,6-7,9H2,1H3,(H,15,16). The molecule has 0 aliphatic carbocycles. The second-order valence-corrected chi connectivity index (χ2v) is 7.85. The molecular formula is C14H17N3O2S2. The molecule has 1 aliphatic heterocycles. The van der Waals surface area contributed by atoms with Gasteiger partial charge >= 0.3 is 0 Å². The van der Waals surface area contributed by atoms with Crippen LogP contribution in [-0.2, 0) is 10.0 Å². The number of nitrogens with zero attached hydrogens (tertiary/aromatic N) is 1. The molecule has 5 nitrogen and oxygen atoms in total. The Kier molecular flexibility index (Phi) is 4.05. The molecule has 0 bridgehead atoms. The van der Waals surface area contributed by atoms with Crippen LogP contribution >= 0.6 is 11.8 Å². The molecule has 1 atom stereocenters. The Labute approximate surface area is 128 Å². The third-order valence-corrected chi connectivity index (χ3v) is 6.16. The van der Waals surface area contributed by atoms with E-state index in [9.17, 15) is 8.42 Å². The van der Waals surface area contributed by atoms with Gasteiger partial charge in [0.25, 0.3) is 0 Å². The summed E-state index contributed by atoms with van der Waals surface area (Å²) in [7, 11) is -1.66. The summed E-state index contributed by atoms with van der Waals surface area (Å²) in [5.74, 6) is 2.63. The molecule has 0 spiro atoms. The van der Waals surface area contributed by atoms with Crippen molar-refractivity contribution in [1.82, 2.24) is 9.71 Å². The van der Waals surface area contributed by atoms with Crippen LogP contribution in [0.5, 0.6) is 0 Å². The van der Waals surface area contributed by atoms with Gasteiger partial charge in [0, 0.05) is 24.2 Å². The topological polar surface area (TPSA) is 71.1 Å². The highest BCUT2D eigenvalue weighted by Crippen LogP contribution is 2.22. The van der Waals surface area contributed by atoms with Crippen LogP contribution in [0.3, 0.4) is 0 Å². The zero-order valence-electron chi connectivity index (χ0n) is 11.7. The molecule has 3 rings (SSSR count). The molecule has 2 aromatic rings. The lowest BCUT2D eigenvalue weighted by Gasteiger charge is -2.12. The Morgan fingerprint density at radius 3 is 2.86 bits per heavy atom. The van der Waals surface area contributed by atoms with Crippen LogP contribution in [0.15, 0.2) is 35.2 Å². The third-order valence-electron chi connectivity index (χ3n) is 3.48. The molecule has 0 amide bonds. The molecule has 1 aromatic heterocycles. The van der Waals surface area contributed by atoms with Crippen molar-refractivity contribution in [3.8, 4) is 0 Å². The second kappa shape index (κ2) is 5.82. The summed E-state index contributed by atoms with van der Waals surface area (Å²) in [6.45, 7) is 0. The predicted octanol–water partition coefficient (Wildman–Crippen LogP) is 2.06. The monoisotopic (exact) mass is 323 g/mol. The largest absolute Gasteiger partial charge is 0.373 e. The number of benzene rings is 1. The summed E-state index contributed by atoms with van der Waals surface area (Å²) in [5.41, 5.74) is 0.775. The molecule has 0 radical (unpaired) electrons. The first-order valence-corrected chi connectivity index (χ1v) is 9.41. The van der Waals surface area contributed by atoms with E-state index >= 15 is 0 Å².